The Morgan fingerprint density at radius 1 is 1.09 bits per heavy atom. The summed E-state index contributed by atoms with van der Waals surface area (Å²) in [6.07, 6.45) is 3.61. The Hall–Kier alpha value is -2.56. The van der Waals surface area contributed by atoms with Gasteiger partial charge in [0.1, 0.15) is 5.76 Å². The van der Waals surface area contributed by atoms with E-state index in [1.165, 1.54) is 16.1 Å². The summed E-state index contributed by atoms with van der Waals surface area (Å²) in [5.41, 5.74) is 1.10. The first-order chi connectivity index (χ1) is 15.8. The van der Waals surface area contributed by atoms with Crippen molar-refractivity contribution >= 4 is 27.7 Å². The summed E-state index contributed by atoms with van der Waals surface area (Å²) < 4.78 is 35.1. The molecule has 0 radical (unpaired) electrons. The third kappa shape index (κ3) is 5.18. The third-order valence-corrected chi connectivity index (χ3v) is 8.70. The molecule has 0 bridgehead atoms. The lowest BCUT2D eigenvalue weighted by Crippen LogP contribution is -2.50. The number of amides is 1. The Bertz CT molecular complexity index is 1210. The Labute approximate surface area is 198 Å². The second-order valence-corrected chi connectivity index (χ2v) is 11.2. The predicted octanol–water partition coefficient (Wildman–Crippen LogP) is 3.58. The number of rotatable bonds is 7. The van der Waals surface area contributed by atoms with Gasteiger partial charge in [0.15, 0.2) is 10.9 Å². The normalized spacial score (nSPS) is 15.3. The van der Waals surface area contributed by atoms with Crippen molar-refractivity contribution < 1.29 is 17.6 Å². The molecular formula is C23H28N4O4S2. The number of aromatic nitrogens is 2. The van der Waals surface area contributed by atoms with E-state index in [1.54, 1.807) is 35.4 Å². The molecule has 1 aliphatic heterocycles. The summed E-state index contributed by atoms with van der Waals surface area (Å²) in [6, 6.07) is 10.5. The van der Waals surface area contributed by atoms with Crippen LogP contribution in [0.4, 0.5) is 0 Å². The molecule has 1 aliphatic rings. The zero-order chi connectivity index (χ0) is 23.6. The lowest BCUT2D eigenvalue weighted by atomic mass is 10.0. The number of hydrogen-bond acceptors (Lipinski definition) is 6. The molecule has 4 rings (SSSR count). The molecule has 176 valence electrons. The van der Waals surface area contributed by atoms with E-state index < -0.39 is 10.0 Å². The molecule has 0 N–H and O–H groups in total. The van der Waals surface area contributed by atoms with Crippen molar-refractivity contribution in [3.8, 4) is 0 Å². The largest absolute Gasteiger partial charge is 0.455 e. The molecule has 1 saturated heterocycles. The quantitative estimate of drug-likeness (QED) is 0.473. The molecule has 1 aromatic carbocycles. The smallest absolute Gasteiger partial charge is 0.289 e. The van der Waals surface area contributed by atoms with E-state index in [2.05, 4.69) is 18.8 Å². The minimum atomic E-state index is -3.59. The predicted molar refractivity (Wildman–Crippen MR) is 127 cm³/mol. The molecule has 10 heteroatoms. The van der Waals surface area contributed by atoms with Crippen LogP contribution in [0.25, 0.3) is 0 Å². The van der Waals surface area contributed by atoms with Crippen LogP contribution in [-0.4, -0.2) is 59.3 Å². The van der Waals surface area contributed by atoms with E-state index in [1.807, 2.05) is 29.9 Å². The fourth-order valence-corrected chi connectivity index (χ4v) is 5.91. The van der Waals surface area contributed by atoms with Gasteiger partial charge in [0.2, 0.25) is 10.0 Å². The SMILES string of the molecule is CC(C)c1ccc(S(=O)(=O)N2CCN(C(=O)c3ccc(CSc4nccn4C)o3)CC2)cc1. The van der Waals surface area contributed by atoms with Crippen LogP contribution in [-0.2, 0) is 22.8 Å². The first kappa shape index (κ1) is 23.6. The summed E-state index contributed by atoms with van der Waals surface area (Å²) in [7, 11) is -1.66. The Morgan fingerprint density at radius 2 is 1.79 bits per heavy atom. The second-order valence-electron chi connectivity index (χ2n) is 8.30. The van der Waals surface area contributed by atoms with E-state index in [0.29, 0.717) is 30.5 Å². The van der Waals surface area contributed by atoms with E-state index in [-0.39, 0.29) is 29.7 Å². The fourth-order valence-electron chi connectivity index (χ4n) is 3.66. The molecule has 3 heterocycles. The molecule has 0 aliphatic carbocycles. The molecule has 33 heavy (non-hydrogen) atoms. The maximum Gasteiger partial charge on any atom is 0.289 e. The van der Waals surface area contributed by atoms with Crippen LogP contribution in [0.5, 0.6) is 0 Å². The average molecular weight is 489 g/mol. The van der Waals surface area contributed by atoms with Crippen LogP contribution in [0.2, 0.25) is 0 Å². The van der Waals surface area contributed by atoms with Crippen LogP contribution < -0.4 is 0 Å². The zero-order valence-corrected chi connectivity index (χ0v) is 20.6. The van der Waals surface area contributed by atoms with Gasteiger partial charge in [-0.1, -0.05) is 37.7 Å². The van der Waals surface area contributed by atoms with Crippen LogP contribution in [0, 0.1) is 0 Å². The lowest BCUT2D eigenvalue weighted by Gasteiger charge is -2.33. The molecule has 1 fully saturated rings. The van der Waals surface area contributed by atoms with Gasteiger partial charge in [-0.25, -0.2) is 13.4 Å². The number of aryl methyl sites for hydroxylation is 1. The zero-order valence-electron chi connectivity index (χ0n) is 19.0. The number of carbonyl (C=O) groups is 1. The third-order valence-electron chi connectivity index (χ3n) is 5.70. The summed E-state index contributed by atoms with van der Waals surface area (Å²) in [5.74, 6) is 1.65. The number of imidazole rings is 1. The van der Waals surface area contributed by atoms with Gasteiger partial charge in [0, 0.05) is 45.6 Å². The van der Waals surface area contributed by atoms with E-state index in [9.17, 15) is 13.2 Å². The molecule has 2 aromatic heterocycles. The maximum atomic E-state index is 13.0. The van der Waals surface area contributed by atoms with Crippen LogP contribution in [0.15, 0.2) is 63.3 Å². The Balaban J connectivity index is 1.34. The van der Waals surface area contributed by atoms with Gasteiger partial charge in [-0.05, 0) is 35.7 Å². The highest BCUT2D eigenvalue weighted by molar-refractivity contribution is 7.98. The molecule has 1 amide bonds. The molecule has 0 saturated carbocycles. The highest BCUT2D eigenvalue weighted by Gasteiger charge is 2.31. The minimum Gasteiger partial charge on any atom is -0.455 e. The van der Waals surface area contributed by atoms with Gasteiger partial charge in [-0.3, -0.25) is 4.79 Å². The van der Waals surface area contributed by atoms with Crippen molar-refractivity contribution in [2.45, 2.75) is 35.6 Å². The summed E-state index contributed by atoms with van der Waals surface area (Å²) >= 11 is 1.53. The van der Waals surface area contributed by atoms with Gasteiger partial charge in [0.25, 0.3) is 5.91 Å². The first-order valence-electron chi connectivity index (χ1n) is 10.8. The van der Waals surface area contributed by atoms with E-state index >= 15 is 0 Å². The van der Waals surface area contributed by atoms with Gasteiger partial charge < -0.3 is 13.9 Å². The van der Waals surface area contributed by atoms with Gasteiger partial charge >= 0.3 is 0 Å². The maximum absolute atomic E-state index is 13.0. The van der Waals surface area contributed by atoms with E-state index in [0.717, 1.165) is 10.7 Å². The molecular weight excluding hydrogens is 460 g/mol. The number of furan rings is 1. The van der Waals surface area contributed by atoms with Crippen LogP contribution in [0.1, 0.15) is 41.6 Å². The topological polar surface area (TPSA) is 88.7 Å². The van der Waals surface area contributed by atoms with Crippen molar-refractivity contribution in [2.75, 3.05) is 26.2 Å². The van der Waals surface area contributed by atoms with Crippen molar-refractivity contribution in [3.05, 3.63) is 65.9 Å². The molecule has 0 spiro atoms. The molecule has 0 atom stereocenters. The summed E-state index contributed by atoms with van der Waals surface area (Å²) in [6.45, 7) is 5.29. The number of benzene rings is 1. The van der Waals surface area contributed by atoms with Gasteiger partial charge in [-0.2, -0.15) is 4.31 Å². The second kappa shape index (κ2) is 9.74. The van der Waals surface area contributed by atoms with Gasteiger partial charge in [-0.15, -0.1) is 0 Å². The fraction of sp³-hybridized carbons (Fsp3) is 0.391. The molecule has 8 nitrogen and oxygen atoms in total. The van der Waals surface area contributed by atoms with Crippen LogP contribution >= 0.6 is 11.8 Å². The average Bonchev–Trinajstić information content (AvgIpc) is 3.46. The minimum absolute atomic E-state index is 0.221. The van der Waals surface area contributed by atoms with Gasteiger partial charge in [0.05, 0.1) is 10.6 Å². The van der Waals surface area contributed by atoms with Crippen LogP contribution in [0.3, 0.4) is 0 Å². The van der Waals surface area contributed by atoms with E-state index in [4.69, 9.17) is 4.42 Å². The standard InChI is InChI=1S/C23H28N4O4S2/c1-17(2)18-4-7-20(8-5-18)33(29,30)27-14-12-26(13-15-27)22(28)21-9-6-19(31-21)16-32-23-24-10-11-25(23)3/h4-11,17H,12-16H2,1-3H3. The molecule has 0 unspecified atom stereocenters. The highest BCUT2D eigenvalue weighted by Crippen LogP contribution is 2.24. The van der Waals surface area contributed by atoms with Crippen molar-refractivity contribution in [3.63, 3.8) is 0 Å². The Kier molecular flexibility index (Phi) is 6.96. The lowest BCUT2D eigenvalue weighted by molar-refractivity contribution is 0.0664. The summed E-state index contributed by atoms with van der Waals surface area (Å²) in [4.78, 5) is 19.1. The number of thioether (sulfide) groups is 1. The summed E-state index contributed by atoms with van der Waals surface area (Å²) in [5, 5.41) is 0.871. The van der Waals surface area contributed by atoms with Crippen molar-refractivity contribution in [1.29, 1.82) is 0 Å². The number of hydrogen-bond donors (Lipinski definition) is 0. The van der Waals surface area contributed by atoms with Crippen molar-refractivity contribution in [1.82, 2.24) is 18.8 Å². The molecule has 3 aromatic rings. The highest BCUT2D eigenvalue weighted by atomic mass is 32.2. The number of piperazine rings is 1. The monoisotopic (exact) mass is 488 g/mol. The number of carbonyl (C=O) groups excluding carboxylic acids is 1. The number of nitrogens with zero attached hydrogens (tertiary/aromatic N) is 4. The first-order valence-corrected chi connectivity index (χ1v) is 13.3. The van der Waals surface area contributed by atoms with Crippen molar-refractivity contribution in [2.24, 2.45) is 7.05 Å². The number of sulfonamides is 1. The Morgan fingerprint density at radius 3 is 2.39 bits per heavy atom.